The van der Waals surface area contributed by atoms with Crippen LogP contribution in [0.1, 0.15) is 17.2 Å². The van der Waals surface area contributed by atoms with Crippen LogP contribution in [0.3, 0.4) is 0 Å². The lowest BCUT2D eigenvalue weighted by Crippen LogP contribution is -2.36. The van der Waals surface area contributed by atoms with Gasteiger partial charge in [-0.3, -0.25) is 9.48 Å². The maximum absolute atomic E-state index is 13.0. The predicted octanol–water partition coefficient (Wildman–Crippen LogP) is 2.25. The Kier molecular flexibility index (Phi) is 7.48. The van der Waals surface area contributed by atoms with Crippen LogP contribution < -0.4 is 10.6 Å². The molecule has 0 saturated heterocycles. The first-order chi connectivity index (χ1) is 10.5. The summed E-state index contributed by atoms with van der Waals surface area (Å²) in [7, 11) is 3.51. The number of rotatable bonds is 6. The number of likely N-dealkylation sites (N-methyl/N-ethyl adjacent to an activating group) is 1. The second-order valence-electron chi connectivity index (χ2n) is 4.95. The molecule has 0 fully saturated rings. The first-order valence-corrected chi connectivity index (χ1v) is 7.26. The molecule has 23 heavy (non-hydrogen) atoms. The number of aromatic nitrogens is 2. The van der Waals surface area contributed by atoms with Crippen LogP contribution in [-0.2, 0) is 18.3 Å². The predicted molar refractivity (Wildman–Crippen MR) is 90.4 cm³/mol. The van der Waals surface area contributed by atoms with Gasteiger partial charge in [-0.2, -0.15) is 5.10 Å². The molecule has 0 aliphatic carbocycles. The Morgan fingerprint density at radius 2 is 2.22 bits per heavy atom. The van der Waals surface area contributed by atoms with Gasteiger partial charge >= 0.3 is 0 Å². The maximum atomic E-state index is 13.0. The normalized spacial score (nSPS) is 11.7. The molecular weight excluding hydrogens is 342 g/mol. The number of aryl methyl sites for hydroxylation is 1. The fraction of sp³-hybridized carbons (Fsp3) is 0.333. The summed E-state index contributed by atoms with van der Waals surface area (Å²) in [6.45, 7) is 0.419. The molecule has 0 aliphatic heterocycles. The molecule has 0 saturated carbocycles. The molecule has 1 aromatic heterocycles. The van der Waals surface area contributed by atoms with Crippen LogP contribution in [0.25, 0.3) is 0 Å². The van der Waals surface area contributed by atoms with Gasteiger partial charge in [-0.1, -0.05) is 17.7 Å². The smallest absolute Gasteiger partial charge is 0.241 e. The van der Waals surface area contributed by atoms with E-state index in [-0.39, 0.29) is 24.1 Å². The SMILES string of the molecule is CNC(C(=O)NCCc1ccc(F)cc1Cl)c1cnn(C)c1.Cl. The number of benzene rings is 1. The summed E-state index contributed by atoms with van der Waals surface area (Å²) < 4.78 is 14.6. The number of halogens is 3. The molecule has 1 amide bonds. The minimum Gasteiger partial charge on any atom is -0.354 e. The van der Waals surface area contributed by atoms with Gasteiger partial charge in [0.1, 0.15) is 11.9 Å². The zero-order valence-corrected chi connectivity index (χ0v) is 14.4. The summed E-state index contributed by atoms with van der Waals surface area (Å²) >= 11 is 5.96. The van der Waals surface area contributed by atoms with Crippen molar-refractivity contribution in [2.45, 2.75) is 12.5 Å². The largest absolute Gasteiger partial charge is 0.354 e. The zero-order chi connectivity index (χ0) is 16.1. The van der Waals surface area contributed by atoms with Crippen molar-refractivity contribution in [3.05, 3.63) is 52.6 Å². The van der Waals surface area contributed by atoms with Crippen molar-refractivity contribution in [1.82, 2.24) is 20.4 Å². The lowest BCUT2D eigenvalue weighted by Gasteiger charge is -2.14. The van der Waals surface area contributed by atoms with Gasteiger partial charge in [0.05, 0.1) is 6.20 Å². The molecule has 1 heterocycles. The van der Waals surface area contributed by atoms with E-state index in [0.717, 1.165) is 11.1 Å². The van der Waals surface area contributed by atoms with Gasteiger partial charge in [-0.05, 0) is 31.2 Å². The number of nitrogens with one attached hydrogen (secondary N) is 2. The molecule has 1 aromatic carbocycles. The van der Waals surface area contributed by atoms with Crippen LogP contribution in [-0.4, -0.2) is 29.3 Å². The molecule has 2 aromatic rings. The number of amides is 1. The van der Waals surface area contributed by atoms with Crippen molar-refractivity contribution in [1.29, 1.82) is 0 Å². The van der Waals surface area contributed by atoms with E-state index in [9.17, 15) is 9.18 Å². The number of hydrogen-bond acceptors (Lipinski definition) is 3. The van der Waals surface area contributed by atoms with Crippen molar-refractivity contribution in [2.24, 2.45) is 7.05 Å². The van der Waals surface area contributed by atoms with Crippen LogP contribution in [0.5, 0.6) is 0 Å². The van der Waals surface area contributed by atoms with Gasteiger partial charge in [-0.25, -0.2) is 4.39 Å². The van der Waals surface area contributed by atoms with E-state index in [1.54, 1.807) is 37.2 Å². The number of hydrogen-bond donors (Lipinski definition) is 2. The minimum absolute atomic E-state index is 0. The van der Waals surface area contributed by atoms with E-state index in [4.69, 9.17) is 11.6 Å². The summed E-state index contributed by atoms with van der Waals surface area (Å²) in [5, 5.41) is 10.2. The molecule has 0 bridgehead atoms. The third kappa shape index (κ3) is 5.20. The second kappa shape index (κ2) is 8.86. The fourth-order valence-corrected chi connectivity index (χ4v) is 2.45. The Bertz CT molecular complexity index is 663. The van der Waals surface area contributed by atoms with Crippen molar-refractivity contribution in [3.8, 4) is 0 Å². The van der Waals surface area contributed by atoms with E-state index in [0.29, 0.717) is 18.0 Å². The van der Waals surface area contributed by atoms with E-state index >= 15 is 0 Å². The molecule has 1 unspecified atom stereocenters. The number of carbonyl (C=O) groups excluding carboxylic acids is 1. The highest BCUT2D eigenvalue weighted by Gasteiger charge is 2.19. The summed E-state index contributed by atoms with van der Waals surface area (Å²) in [6, 6.07) is 3.79. The highest BCUT2D eigenvalue weighted by Crippen LogP contribution is 2.17. The van der Waals surface area contributed by atoms with Gasteiger partial charge < -0.3 is 10.6 Å². The minimum atomic E-state index is -0.461. The van der Waals surface area contributed by atoms with E-state index in [2.05, 4.69) is 15.7 Å². The molecule has 8 heteroatoms. The lowest BCUT2D eigenvalue weighted by atomic mass is 10.1. The first-order valence-electron chi connectivity index (χ1n) is 6.88. The Labute approximate surface area is 145 Å². The second-order valence-corrected chi connectivity index (χ2v) is 5.35. The molecule has 2 N–H and O–H groups in total. The molecule has 126 valence electrons. The summed E-state index contributed by atoms with van der Waals surface area (Å²) in [5.41, 5.74) is 1.59. The third-order valence-electron chi connectivity index (χ3n) is 3.32. The molecule has 2 rings (SSSR count). The standard InChI is InChI=1S/C15H18ClFN4O.ClH/c1-18-14(11-8-20-21(2)9-11)15(22)19-6-5-10-3-4-12(17)7-13(10)16;/h3-4,7-9,14,18H,5-6H2,1-2H3,(H,19,22);1H. The van der Waals surface area contributed by atoms with Crippen LogP contribution in [0.15, 0.2) is 30.6 Å². The topological polar surface area (TPSA) is 59.0 Å². The monoisotopic (exact) mass is 360 g/mol. The quantitative estimate of drug-likeness (QED) is 0.830. The third-order valence-corrected chi connectivity index (χ3v) is 3.67. The first kappa shape index (κ1) is 19.4. The Morgan fingerprint density at radius 1 is 1.48 bits per heavy atom. The van der Waals surface area contributed by atoms with Crippen molar-refractivity contribution in [3.63, 3.8) is 0 Å². The molecule has 0 aliphatic rings. The van der Waals surface area contributed by atoms with Gasteiger partial charge in [0.15, 0.2) is 0 Å². The molecular formula is C15H19Cl2FN4O. The van der Waals surface area contributed by atoms with Crippen LogP contribution in [0.4, 0.5) is 4.39 Å². The van der Waals surface area contributed by atoms with Gasteiger partial charge in [0.25, 0.3) is 0 Å². The summed E-state index contributed by atoms with van der Waals surface area (Å²) in [5.74, 6) is -0.515. The lowest BCUT2D eigenvalue weighted by molar-refractivity contribution is -0.123. The van der Waals surface area contributed by atoms with Crippen LogP contribution >= 0.6 is 24.0 Å². The number of nitrogens with zero attached hydrogens (tertiary/aromatic N) is 2. The Balaban J connectivity index is 0.00000264. The summed E-state index contributed by atoms with van der Waals surface area (Å²) in [4.78, 5) is 12.2. The van der Waals surface area contributed by atoms with Crippen molar-refractivity contribution in [2.75, 3.05) is 13.6 Å². The Morgan fingerprint density at radius 3 is 2.78 bits per heavy atom. The van der Waals surface area contributed by atoms with E-state index in [1.807, 2.05) is 0 Å². The van der Waals surface area contributed by atoms with E-state index < -0.39 is 6.04 Å². The molecule has 5 nitrogen and oxygen atoms in total. The van der Waals surface area contributed by atoms with Gasteiger partial charge in [-0.15, -0.1) is 12.4 Å². The average Bonchev–Trinajstić information content (AvgIpc) is 2.88. The Hall–Kier alpha value is -1.63. The van der Waals surface area contributed by atoms with E-state index in [1.165, 1.54) is 12.1 Å². The highest BCUT2D eigenvalue weighted by molar-refractivity contribution is 6.31. The van der Waals surface area contributed by atoms with Crippen LogP contribution in [0.2, 0.25) is 5.02 Å². The zero-order valence-electron chi connectivity index (χ0n) is 12.8. The fourth-order valence-electron chi connectivity index (χ4n) is 2.19. The number of carbonyl (C=O) groups is 1. The molecule has 0 spiro atoms. The summed E-state index contributed by atoms with van der Waals surface area (Å²) in [6.07, 6.45) is 3.98. The average molecular weight is 361 g/mol. The van der Waals surface area contributed by atoms with Crippen molar-refractivity contribution >= 4 is 29.9 Å². The maximum Gasteiger partial charge on any atom is 0.241 e. The van der Waals surface area contributed by atoms with Gasteiger partial charge in [0.2, 0.25) is 5.91 Å². The molecule has 0 radical (unpaired) electrons. The van der Waals surface area contributed by atoms with Crippen molar-refractivity contribution < 1.29 is 9.18 Å². The van der Waals surface area contributed by atoms with Crippen LogP contribution in [0, 0.1) is 5.82 Å². The molecule has 1 atom stereocenters. The highest BCUT2D eigenvalue weighted by atomic mass is 35.5. The van der Waals surface area contributed by atoms with Gasteiger partial charge in [0, 0.05) is 30.4 Å².